The zero-order chi connectivity index (χ0) is 13.0. The Labute approximate surface area is 115 Å². The SMILES string of the molecule is CC1N=CC=[N+]1CC(O)COc1ccc(Br)cc1. The van der Waals surface area contributed by atoms with Gasteiger partial charge in [-0.3, -0.25) is 0 Å². The van der Waals surface area contributed by atoms with E-state index in [0.29, 0.717) is 6.54 Å². The first kappa shape index (κ1) is 13.2. The van der Waals surface area contributed by atoms with Crippen LogP contribution in [0.1, 0.15) is 6.92 Å². The van der Waals surface area contributed by atoms with Gasteiger partial charge in [-0.1, -0.05) is 15.9 Å². The maximum atomic E-state index is 9.89. The number of aliphatic imine (C=N–C) groups is 1. The maximum Gasteiger partial charge on any atom is 0.242 e. The summed E-state index contributed by atoms with van der Waals surface area (Å²) in [7, 11) is 0. The Morgan fingerprint density at radius 1 is 1.44 bits per heavy atom. The molecule has 96 valence electrons. The third kappa shape index (κ3) is 3.65. The summed E-state index contributed by atoms with van der Waals surface area (Å²) < 4.78 is 8.51. The number of rotatable bonds is 5. The van der Waals surface area contributed by atoms with E-state index in [2.05, 4.69) is 20.9 Å². The molecule has 0 bridgehead atoms. The van der Waals surface area contributed by atoms with E-state index < -0.39 is 6.10 Å². The van der Waals surface area contributed by atoms with E-state index in [1.807, 2.05) is 42.0 Å². The average molecular weight is 312 g/mol. The number of benzene rings is 1. The lowest BCUT2D eigenvalue weighted by atomic mass is 10.3. The molecule has 0 saturated heterocycles. The summed E-state index contributed by atoms with van der Waals surface area (Å²) >= 11 is 3.36. The first-order valence-corrected chi connectivity index (χ1v) is 6.63. The third-order valence-electron chi connectivity index (χ3n) is 2.72. The number of nitrogens with zero attached hydrogens (tertiary/aromatic N) is 2. The van der Waals surface area contributed by atoms with E-state index >= 15 is 0 Å². The van der Waals surface area contributed by atoms with Crippen molar-refractivity contribution in [2.45, 2.75) is 19.2 Å². The van der Waals surface area contributed by atoms with Gasteiger partial charge in [0.25, 0.3) is 0 Å². The van der Waals surface area contributed by atoms with Crippen LogP contribution in [-0.2, 0) is 0 Å². The Morgan fingerprint density at radius 2 is 2.17 bits per heavy atom. The zero-order valence-electron chi connectivity index (χ0n) is 10.2. The van der Waals surface area contributed by atoms with Gasteiger partial charge in [0.05, 0.1) is 6.21 Å². The molecule has 2 unspecified atom stereocenters. The van der Waals surface area contributed by atoms with E-state index in [-0.39, 0.29) is 12.8 Å². The second kappa shape index (κ2) is 6.11. The van der Waals surface area contributed by atoms with Gasteiger partial charge in [-0.15, -0.1) is 0 Å². The number of aliphatic hydroxyl groups is 1. The molecule has 4 nitrogen and oxygen atoms in total. The number of hydrogen-bond acceptors (Lipinski definition) is 3. The highest BCUT2D eigenvalue weighted by Gasteiger charge is 2.21. The van der Waals surface area contributed by atoms with E-state index in [1.54, 1.807) is 6.21 Å². The highest BCUT2D eigenvalue weighted by Crippen LogP contribution is 2.16. The molecular formula is C13H16BrN2O2+. The molecule has 2 atom stereocenters. The van der Waals surface area contributed by atoms with Crippen LogP contribution in [0.25, 0.3) is 0 Å². The summed E-state index contributed by atoms with van der Waals surface area (Å²) in [4.78, 5) is 4.19. The molecule has 1 aromatic carbocycles. The maximum absolute atomic E-state index is 9.89. The quantitative estimate of drug-likeness (QED) is 0.841. The van der Waals surface area contributed by atoms with Gasteiger partial charge in [-0.25, -0.2) is 9.57 Å². The molecule has 1 heterocycles. The fourth-order valence-corrected chi connectivity index (χ4v) is 1.96. The summed E-state index contributed by atoms with van der Waals surface area (Å²) in [5.74, 6) is 0.756. The smallest absolute Gasteiger partial charge is 0.242 e. The lowest BCUT2D eigenvalue weighted by molar-refractivity contribution is -0.559. The predicted octanol–water partition coefficient (Wildman–Crippen LogP) is 1.70. The molecule has 0 fully saturated rings. The molecule has 0 aromatic heterocycles. The minimum Gasteiger partial charge on any atom is -0.491 e. The number of aliphatic hydroxyl groups excluding tert-OH is 1. The topological polar surface area (TPSA) is 44.8 Å². The summed E-state index contributed by atoms with van der Waals surface area (Å²) in [6, 6.07) is 7.55. The standard InChI is InChI=1S/C13H16BrN2O2/c1-10-15-6-7-16(10)8-12(17)9-18-13-4-2-11(14)3-5-13/h2-7,10,12,17H,8-9H2,1H3/q+1. The van der Waals surface area contributed by atoms with Crippen molar-refractivity contribution in [1.82, 2.24) is 0 Å². The van der Waals surface area contributed by atoms with E-state index in [0.717, 1.165) is 10.2 Å². The minimum absolute atomic E-state index is 0.104. The van der Waals surface area contributed by atoms with Gasteiger partial charge in [0.15, 0.2) is 12.8 Å². The van der Waals surface area contributed by atoms with Crippen LogP contribution >= 0.6 is 15.9 Å². The first-order chi connectivity index (χ1) is 8.65. The molecular weight excluding hydrogens is 296 g/mol. The number of β-amino-alcohol motifs (C(OH)–C–C–N with tert-alkyl or cyclic N) is 1. The van der Waals surface area contributed by atoms with Gasteiger partial charge < -0.3 is 9.84 Å². The van der Waals surface area contributed by atoms with E-state index in [9.17, 15) is 5.11 Å². The first-order valence-electron chi connectivity index (χ1n) is 5.84. The summed E-state index contributed by atoms with van der Waals surface area (Å²) in [5, 5.41) is 9.89. The molecule has 0 saturated carbocycles. The summed E-state index contributed by atoms with van der Waals surface area (Å²) in [6.45, 7) is 2.79. The van der Waals surface area contributed by atoms with Crippen LogP contribution < -0.4 is 4.74 Å². The molecule has 0 spiro atoms. The lowest BCUT2D eigenvalue weighted by Crippen LogP contribution is -2.32. The third-order valence-corrected chi connectivity index (χ3v) is 3.25. The highest BCUT2D eigenvalue weighted by molar-refractivity contribution is 9.10. The van der Waals surface area contributed by atoms with Gasteiger partial charge in [0.1, 0.15) is 18.5 Å². The number of hydrogen-bond donors (Lipinski definition) is 1. The molecule has 5 heteroatoms. The molecule has 1 aliphatic heterocycles. The molecule has 0 amide bonds. The lowest BCUT2D eigenvalue weighted by Gasteiger charge is -2.12. The average Bonchev–Trinajstić information content (AvgIpc) is 2.74. The molecule has 0 radical (unpaired) electrons. The van der Waals surface area contributed by atoms with Crippen molar-refractivity contribution >= 4 is 28.4 Å². The van der Waals surface area contributed by atoms with Crippen LogP contribution in [0.2, 0.25) is 0 Å². The Kier molecular flexibility index (Phi) is 4.49. The van der Waals surface area contributed by atoms with Crippen LogP contribution in [0.5, 0.6) is 5.75 Å². The molecule has 1 N–H and O–H groups in total. The highest BCUT2D eigenvalue weighted by atomic mass is 79.9. The van der Waals surface area contributed by atoms with Crippen molar-refractivity contribution < 1.29 is 14.4 Å². The monoisotopic (exact) mass is 311 g/mol. The largest absolute Gasteiger partial charge is 0.491 e. The Hall–Kier alpha value is -1.20. The molecule has 2 rings (SSSR count). The van der Waals surface area contributed by atoms with Crippen molar-refractivity contribution in [3.63, 3.8) is 0 Å². The van der Waals surface area contributed by atoms with Gasteiger partial charge >= 0.3 is 0 Å². The number of halogens is 1. The predicted molar refractivity (Wildman–Crippen MR) is 74.8 cm³/mol. The van der Waals surface area contributed by atoms with Crippen molar-refractivity contribution in [2.75, 3.05) is 13.2 Å². The van der Waals surface area contributed by atoms with E-state index in [4.69, 9.17) is 4.74 Å². The van der Waals surface area contributed by atoms with Gasteiger partial charge in [-0.05, 0) is 24.3 Å². The van der Waals surface area contributed by atoms with Crippen molar-refractivity contribution in [3.05, 3.63) is 28.7 Å². The van der Waals surface area contributed by atoms with Crippen molar-refractivity contribution in [2.24, 2.45) is 4.99 Å². The molecule has 1 aromatic rings. The fourth-order valence-electron chi connectivity index (χ4n) is 1.69. The van der Waals surface area contributed by atoms with Gasteiger partial charge in [0, 0.05) is 11.4 Å². The number of ether oxygens (including phenoxy) is 1. The normalized spacial score (nSPS) is 19.7. The summed E-state index contributed by atoms with van der Waals surface area (Å²) in [5.41, 5.74) is 0. The second-order valence-corrected chi connectivity index (χ2v) is 5.11. The van der Waals surface area contributed by atoms with Crippen LogP contribution in [0.3, 0.4) is 0 Å². The van der Waals surface area contributed by atoms with E-state index in [1.165, 1.54) is 0 Å². The van der Waals surface area contributed by atoms with Crippen LogP contribution in [-0.4, -0.2) is 47.5 Å². The summed E-state index contributed by atoms with van der Waals surface area (Å²) in [6.07, 6.45) is 3.21. The van der Waals surface area contributed by atoms with Crippen LogP contribution in [0.4, 0.5) is 0 Å². The molecule has 18 heavy (non-hydrogen) atoms. The Morgan fingerprint density at radius 3 is 2.78 bits per heavy atom. The van der Waals surface area contributed by atoms with Gasteiger partial charge in [0.2, 0.25) is 6.17 Å². The van der Waals surface area contributed by atoms with Crippen molar-refractivity contribution in [1.29, 1.82) is 0 Å². The van der Waals surface area contributed by atoms with Crippen LogP contribution in [0, 0.1) is 0 Å². The van der Waals surface area contributed by atoms with Crippen LogP contribution in [0.15, 0.2) is 33.7 Å². The Balaban J connectivity index is 1.78. The van der Waals surface area contributed by atoms with Gasteiger partial charge in [-0.2, -0.15) is 0 Å². The molecule has 0 aliphatic carbocycles. The second-order valence-electron chi connectivity index (χ2n) is 4.19. The molecule has 1 aliphatic rings. The zero-order valence-corrected chi connectivity index (χ0v) is 11.7. The van der Waals surface area contributed by atoms with Crippen molar-refractivity contribution in [3.8, 4) is 5.75 Å². The Bertz CT molecular complexity index is 457. The fraction of sp³-hybridized carbons (Fsp3) is 0.385. The minimum atomic E-state index is -0.533.